The first-order valence-corrected chi connectivity index (χ1v) is 11.4. The predicted molar refractivity (Wildman–Crippen MR) is 116 cm³/mol. The highest BCUT2D eigenvalue weighted by atomic mass is 32.1. The number of benzene rings is 1. The summed E-state index contributed by atoms with van der Waals surface area (Å²) in [7, 11) is 0. The Labute approximate surface area is 176 Å². The lowest BCUT2D eigenvalue weighted by atomic mass is 10.1. The van der Waals surface area contributed by atoms with E-state index >= 15 is 0 Å². The van der Waals surface area contributed by atoms with Crippen LogP contribution >= 0.6 is 11.3 Å². The van der Waals surface area contributed by atoms with Crippen LogP contribution in [-0.4, -0.2) is 65.3 Å². The smallest absolute Gasteiger partial charge is 0.264 e. The van der Waals surface area contributed by atoms with Crippen LogP contribution in [0.3, 0.4) is 0 Å². The fourth-order valence-corrected chi connectivity index (χ4v) is 5.12. The molecule has 2 fully saturated rings. The van der Waals surface area contributed by atoms with Crippen LogP contribution in [0.1, 0.15) is 40.1 Å². The van der Waals surface area contributed by atoms with E-state index in [-0.39, 0.29) is 11.8 Å². The number of piperazine rings is 1. The van der Waals surface area contributed by atoms with Crippen LogP contribution in [0.15, 0.2) is 41.8 Å². The molecule has 1 aromatic carbocycles. The van der Waals surface area contributed by atoms with Gasteiger partial charge in [0.15, 0.2) is 0 Å². The third kappa shape index (κ3) is 4.87. The van der Waals surface area contributed by atoms with Gasteiger partial charge in [-0.3, -0.25) is 14.5 Å². The van der Waals surface area contributed by atoms with Crippen LogP contribution in [0.4, 0.5) is 0 Å². The number of rotatable bonds is 4. The van der Waals surface area contributed by atoms with E-state index in [1.54, 1.807) is 0 Å². The number of carbonyl (C=O) groups excluding carboxylic acids is 2. The van der Waals surface area contributed by atoms with Crippen LogP contribution in [-0.2, 0) is 11.3 Å². The summed E-state index contributed by atoms with van der Waals surface area (Å²) in [5.41, 5.74) is 2.44. The van der Waals surface area contributed by atoms with Gasteiger partial charge in [0, 0.05) is 51.7 Å². The zero-order valence-corrected chi connectivity index (χ0v) is 17.9. The summed E-state index contributed by atoms with van der Waals surface area (Å²) in [4.78, 5) is 32.5. The number of likely N-dealkylation sites (tertiary alicyclic amines) is 1. The molecule has 5 nitrogen and oxygen atoms in total. The first-order chi connectivity index (χ1) is 14.1. The molecule has 0 N–H and O–H groups in total. The van der Waals surface area contributed by atoms with Gasteiger partial charge in [-0.1, -0.05) is 35.9 Å². The Morgan fingerprint density at radius 1 is 1.07 bits per heavy atom. The van der Waals surface area contributed by atoms with E-state index in [1.807, 2.05) is 27.3 Å². The molecule has 154 valence electrons. The fourth-order valence-electron chi connectivity index (χ4n) is 4.43. The van der Waals surface area contributed by atoms with Gasteiger partial charge in [0.1, 0.15) is 0 Å². The Bertz CT molecular complexity index is 844. The highest BCUT2D eigenvalue weighted by molar-refractivity contribution is 7.12. The Balaban J connectivity index is 1.30. The summed E-state index contributed by atoms with van der Waals surface area (Å²) < 4.78 is 0. The van der Waals surface area contributed by atoms with E-state index in [9.17, 15) is 9.59 Å². The Hall–Kier alpha value is -2.18. The lowest BCUT2D eigenvalue weighted by molar-refractivity contribution is -0.131. The second-order valence-corrected chi connectivity index (χ2v) is 9.04. The second kappa shape index (κ2) is 9.09. The first-order valence-electron chi connectivity index (χ1n) is 10.5. The zero-order chi connectivity index (χ0) is 20.2. The largest absolute Gasteiger partial charge is 0.338 e. The van der Waals surface area contributed by atoms with Crippen molar-refractivity contribution in [3.8, 4) is 0 Å². The maximum atomic E-state index is 12.7. The van der Waals surface area contributed by atoms with Gasteiger partial charge >= 0.3 is 0 Å². The van der Waals surface area contributed by atoms with Crippen LogP contribution in [0, 0.1) is 6.92 Å². The lowest BCUT2D eigenvalue weighted by Gasteiger charge is -2.39. The fraction of sp³-hybridized carbons (Fsp3) is 0.478. The molecule has 2 saturated heterocycles. The third-order valence-electron chi connectivity index (χ3n) is 6.08. The quantitative estimate of drug-likeness (QED) is 0.775. The molecule has 2 aliphatic heterocycles. The molecule has 6 heteroatoms. The molecule has 0 radical (unpaired) electrons. The monoisotopic (exact) mass is 411 g/mol. The molecule has 0 saturated carbocycles. The minimum absolute atomic E-state index is 0.153. The number of nitrogens with zero attached hydrogens (tertiary/aromatic N) is 3. The van der Waals surface area contributed by atoms with Gasteiger partial charge in [0.05, 0.1) is 4.88 Å². The van der Waals surface area contributed by atoms with E-state index in [2.05, 4.69) is 36.1 Å². The number of carbonyl (C=O) groups is 2. The summed E-state index contributed by atoms with van der Waals surface area (Å²) in [6, 6.07) is 12.7. The van der Waals surface area contributed by atoms with Crippen molar-refractivity contribution in [2.24, 2.45) is 0 Å². The second-order valence-electron chi connectivity index (χ2n) is 8.09. The van der Waals surface area contributed by atoms with Crippen molar-refractivity contribution in [3.05, 3.63) is 57.8 Å². The molecule has 29 heavy (non-hydrogen) atoms. The Morgan fingerprint density at radius 2 is 1.90 bits per heavy atom. The highest BCUT2D eigenvalue weighted by Gasteiger charge is 2.30. The lowest BCUT2D eigenvalue weighted by Crippen LogP contribution is -2.52. The predicted octanol–water partition coefficient (Wildman–Crippen LogP) is 3.40. The van der Waals surface area contributed by atoms with Gasteiger partial charge in [-0.2, -0.15) is 0 Å². The van der Waals surface area contributed by atoms with Crippen molar-refractivity contribution in [3.63, 3.8) is 0 Å². The van der Waals surface area contributed by atoms with E-state index < -0.39 is 0 Å². The number of amides is 2. The van der Waals surface area contributed by atoms with Crippen LogP contribution in [0.5, 0.6) is 0 Å². The molecule has 2 aliphatic rings. The normalized spacial score (nSPS) is 21.3. The molecule has 0 aliphatic carbocycles. The van der Waals surface area contributed by atoms with Gasteiger partial charge < -0.3 is 9.80 Å². The zero-order valence-electron chi connectivity index (χ0n) is 17.0. The maximum Gasteiger partial charge on any atom is 0.264 e. The van der Waals surface area contributed by atoms with Crippen molar-refractivity contribution < 1.29 is 9.59 Å². The van der Waals surface area contributed by atoms with Gasteiger partial charge in [-0.05, 0) is 36.8 Å². The summed E-state index contributed by atoms with van der Waals surface area (Å²) in [6.45, 7) is 6.94. The molecule has 1 aromatic heterocycles. The molecule has 1 atom stereocenters. The molecule has 0 spiro atoms. The van der Waals surface area contributed by atoms with Gasteiger partial charge in [-0.15, -0.1) is 11.3 Å². The summed E-state index contributed by atoms with van der Waals surface area (Å²) in [6.07, 6.45) is 2.54. The number of thiophene rings is 1. The van der Waals surface area contributed by atoms with Crippen LogP contribution < -0.4 is 0 Å². The number of hydrogen-bond acceptors (Lipinski definition) is 4. The molecule has 2 amide bonds. The maximum absolute atomic E-state index is 12.7. The average molecular weight is 412 g/mol. The van der Waals surface area contributed by atoms with Gasteiger partial charge in [0.2, 0.25) is 5.91 Å². The molecular formula is C23H29N3O2S. The third-order valence-corrected chi connectivity index (χ3v) is 6.94. The van der Waals surface area contributed by atoms with E-state index in [4.69, 9.17) is 0 Å². The van der Waals surface area contributed by atoms with Crippen molar-refractivity contribution in [2.75, 3.05) is 32.7 Å². The molecule has 2 aromatic rings. The number of aryl methyl sites for hydroxylation is 1. The average Bonchev–Trinajstić information content (AvgIpc) is 3.21. The SMILES string of the molecule is Cc1cccc(CN2CCC(N3CCN(C(=O)c4cccs4)CC3)CCC2=O)c1. The van der Waals surface area contributed by atoms with Crippen molar-refractivity contribution in [1.82, 2.24) is 14.7 Å². The van der Waals surface area contributed by atoms with Crippen LogP contribution in [0.2, 0.25) is 0 Å². The highest BCUT2D eigenvalue weighted by Crippen LogP contribution is 2.22. The summed E-state index contributed by atoms with van der Waals surface area (Å²) in [5.74, 6) is 0.417. The molecule has 4 rings (SSSR count). The van der Waals surface area contributed by atoms with Crippen LogP contribution in [0.25, 0.3) is 0 Å². The minimum atomic E-state index is 0.153. The van der Waals surface area contributed by atoms with E-state index in [0.29, 0.717) is 19.0 Å². The minimum Gasteiger partial charge on any atom is -0.338 e. The number of hydrogen-bond donors (Lipinski definition) is 0. The molecule has 0 bridgehead atoms. The Kier molecular flexibility index (Phi) is 6.31. The molecule has 3 heterocycles. The van der Waals surface area contributed by atoms with Crippen molar-refractivity contribution in [1.29, 1.82) is 0 Å². The Morgan fingerprint density at radius 3 is 2.62 bits per heavy atom. The standard InChI is InChI=1S/C23H29N3O2S/c1-18-4-2-5-19(16-18)17-26-10-9-20(7-8-22(26)27)24-11-13-25(14-12-24)23(28)21-6-3-15-29-21/h2-6,15-16,20H,7-14,17H2,1H3. The van der Waals surface area contributed by atoms with E-state index in [1.165, 1.54) is 22.5 Å². The molecule has 1 unspecified atom stereocenters. The van der Waals surface area contributed by atoms with Gasteiger partial charge in [0.25, 0.3) is 5.91 Å². The summed E-state index contributed by atoms with van der Waals surface area (Å²) >= 11 is 1.51. The first kappa shape index (κ1) is 20.1. The topological polar surface area (TPSA) is 43.9 Å². The summed E-state index contributed by atoms with van der Waals surface area (Å²) in [5, 5.41) is 1.95. The van der Waals surface area contributed by atoms with E-state index in [0.717, 1.165) is 50.4 Å². The molecular weight excluding hydrogens is 382 g/mol. The van der Waals surface area contributed by atoms with Gasteiger partial charge in [-0.25, -0.2) is 0 Å². The van der Waals surface area contributed by atoms with Crippen molar-refractivity contribution in [2.45, 2.75) is 38.8 Å². The van der Waals surface area contributed by atoms with Crippen molar-refractivity contribution >= 4 is 23.2 Å².